The lowest BCUT2D eigenvalue weighted by Crippen LogP contribution is -2.35. The third-order valence-electron chi connectivity index (χ3n) is 5.11. The number of rotatable bonds is 10. The molecule has 0 spiro atoms. The quantitative estimate of drug-likeness (QED) is 0.230. The van der Waals surface area contributed by atoms with Gasteiger partial charge < -0.3 is 19.5 Å². The normalized spacial score (nSPS) is 16.4. The van der Waals surface area contributed by atoms with Crippen molar-refractivity contribution in [3.63, 3.8) is 0 Å². The van der Waals surface area contributed by atoms with E-state index in [-0.39, 0.29) is 30.0 Å². The van der Waals surface area contributed by atoms with Gasteiger partial charge in [0, 0.05) is 36.4 Å². The van der Waals surface area contributed by atoms with E-state index in [1.54, 1.807) is 33.9 Å². The van der Waals surface area contributed by atoms with Crippen molar-refractivity contribution in [3.05, 3.63) is 62.5 Å². The molecule has 0 aliphatic carbocycles. The Morgan fingerprint density at radius 3 is 2.30 bits per heavy atom. The number of thioether (sulfide) groups is 1. The van der Waals surface area contributed by atoms with Crippen molar-refractivity contribution in [1.29, 1.82) is 0 Å². The minimum absolute atomic E-state index is 0.130. The smallest absolute Gasteiger partial charge is 0.336 e. The van der Waals surface area contributed by atoms with E-state index in [4.69, 9.17) is 14.2 Å². The Hall–Kier alpha value is -2.85. The Kier molecular flexibility index (Phi) is 9.07. The van der Waals surface area contributed by atoms with E-state index < -0.39 is 27.7 Å². The molecular formula is C23H30N2O7S. The molecule has 2 rings (SSSR count). The van der Waals surface area contributed by atoms with Crippen LogP contribution in [0.2, 0.25) is 0 Å². The topological polar surface area (TPSA) is 117 Å². The summed E-state index contributed by atoms with van der Waals surface area (Å²) in [5, 5.41) is 14.6. The molecule has 1 aliphatic heterocycles. The second-order valence-electron chi connectivity index (χ2n) is 7.67. The van der Waals surface area contributed by atoms with Crippen LogP contribution < -0.4 is 5.32 Å². The summed E-state index contributed by atoms with van der Waals surface area (Å²) in [6.45, 7) is 9.15. The molecule has 1 N–H and O–H groups in total. The zero-order valence-electron chi connectivity index (χ0n) is 19.7. The van der Waals surface area contributed by atoms with Gasteiger partial charge in [0.15, 0.2) is 0 Å². The number of hydrogen-bond acceptors (Lipinski definition) is 9. The van der Waals surface area contributed by atoms with Crippen molar-refractivity contribution in [2.24, 2.45) is 0 Å². The van der Waals surface area contributed by atoms with Crippen LogP contribution >= 0.6 is 11.8 Å². The van der Waals surface area contributed by atoms with E-state index in [9.17, 15) is 19.7 Å². The number of nitrogens with one attached hydrogen (secondary N) is 1. The molecule has 1 aliphatic rings. The van der Waals surface area contributed by atoms with Gasteiger partial charge in [-0.2, -0.15) is 0 Å². The molecule has 1 atom stereocenters. The number of hydrogen-bond donors (Lipinski definition) is 1. The Labute approximate surface area is 197 Å². The van der Waals surface area contributed by atoms with Crippen molar-refractivity contribution in [2.75, 3.05) is 26.1 Å². The van der Waals surface area contributed by atoms with Crippen molar-refractivity contribution in [1.82, 2.24) is 5.32 Å². The number of esters is 2. The molecule has 0 aromatic heterocycles. The summed E-state index contributed by atoms with van der Waals surface area (Å²) in [7, 11) is 1.60. The molecule has 1 aromatic rings. The fraction of sp³-hybridized carbons (Fsp3) is 0.478. The maximum absolute atomic E-state index is 13.2. The summed E-state index contributed by atoms with van der Waals surface area (Å²) < 4.78 is 16.1. The number of ether oxygens (including phenoxy) is 3. The molecule has 0 saturated carbocycles. The molecule has 0 radical (unpaired) electrons. The average molecular weight is 479 g/mol. The van der Waals surface area contributed by atoms with Gasteiger partial charge in [0.1, 0.15) is 4.93 Å². The Balaban J connectivity index is 2.73. The standard InChI is InChI=1S/C23H30N2O7S/c1-7-31-21(26)18-14(3)24-17(13-33-23(4,5)30-6)20(22(27)32-8-2)19(18)15-10-9-11-16(12-15)25(28)29/h9-12,19,24H,7-8,13H2,1-6H3. The highest BCUT2D eigenvalue weighted by Crippen LogP contribution is 2.41. The highest BCUT2D eigenvalue weighted by atomic mass is 32.2. The number of dihydropyridines is 1. The van der Waals surface area contributed by atoms with Gasteiger partial charge >= 0.3 is 11.9 Å². The van der Waals surface area contributed by atoms with Gasteiger partial charge in [-0.3, -0.25) is 10.1 Å². The van der Waals surface area contributed by atoms with Crippen LogP contribution in [0.4, 0.5) is 5.69 Å². The number of carbonyl (C=O) groups excluding carboxylic acids is 2. The number of allylic oxidation sites excluding steroid dienone is 1. The van der Waals surface area contributed by atoms with Crippen LogP contribution in [0, 0.1) is 10.1 Å². The Bertz CT molecular complexity index is 985. The molecule has 10 heteroatoms. The van der Waals surface area contributed by atoms with Gasteiger partial charge in [-0.15, -0.1) is 11.8 Å². The fourth-order valence-corrected chi connectivity index (χ4v) is 4.23. The maximum Gasteiger partial charge on any atom is 0.336 e. The highest BCUT2D eigenvalue weighted by Gasteiger charge is 2.39. The Morgan fingerprint density at radius 1 is 1.15 bits per heavy atom. The largest absolute Gasteiger partial charge is 0.463 e. The van der Waals surface area contributed by atoms with Crippen molar-refractivity contribution >= 4 is 29.4 Å². The summed E-state index contributed by atoms with van der Waals surface area (Å²) in [5.41, 5.74) is 1.75. The first kappa shape index (κ1) is 26.4. The van der Waals surface area contributed by atoms with Gasteiger partial charge in [-0.1, -0.05) is 12.1 Å². The number of non-ortho nitro benzene ring substituents is 1. The van der Waals surface area contributed by atoms with Crippen molar-refractivity contribution in [3.8, 4) is 0 Å². The van der Waals surface area contributed by atoms with Gasteiger partial charge in [0.05, 0.1) is 35.2 Å². The lowest BCUT2D eigenvalue weighted by molar-refractivity contribution is -0.384. The predicted octanol–water partition coefficient (Wildman–Crippen LogP) is 4.05. The molecule has 1 heterocycles. The molecule has 9 nitrogen and oxygen atoms in total. The highest BCUT2D eigenvalue weighted by molar-refractivity contribution is 8.00. The van der Waals surface area contributed by atoms with Crippen molar-refractivity contribution < 1.29 is 28.7 Å². The number of benzene rings is 1. The maximum atomic E-state index is 13.2. The fourth-order valence-electron chi connectivity index (χ4n) is 3.40. The van der Waals surface area contributed by atoms with Crippen LogP contribution in [-0.2, 0) is 23.8 Å². The summed E-state index contributed by atoms with van der Waals surface area (Å²) in [4.78, 5) is 36.5. The van der Waals surface area contributed by atoms with Crippen molar-refractivity contribution in [2.45, 2.75) is 45.5 Å². The van der Waals surface area contributed by atoms with Crippen LogP contribution in [0.15, 0.2) is 46.8 Å². The first-order valence-corrected chi connectivity index (χ1v) is 11.5. The summed E-state index contributed by atoms with van der Waals surface area (Å²) in [5.74, 6) is -1.76. The Morgan fingerprint density at radius 2 is 1.76 bits per heavy atom. The monoisotopic (exact) mass is 478 g/mol. The van der Waals surface area contributed by atoms with Gasteiger partial charge in [-0.25, -0.2) is 9.59 Å². The van der Waals surface area contributed by atoms with E-state index in [1.807, 2.05) is 13.8 Å². The molecule has 0 bridgehead atoms. The predicted molar refractivity (Wildman–Crippen MR) is 126 cm³/mol. The molecule has 180 valence electrons. The third-order valence-corrected chi connectivity index (χ3v) is 6.40. The van der Waals surface area contributed by atoms with E-state index >= 15 is 0 Å². The van der Waals surface area contributed by atoms with Gasteiger partial charge in [-0.05, 0) is 40.2 Å². The van der Waals surface area contributed by atoms with Gasteiger partial charge in [0.25, 0.3) is 5.69 Å². The molecule has 1 unspecified atom stereocenters. The van der Waals surface area contributed by atoms with Crippen LogP contribution in [-0.4, -0.2) is 47.9 Å². The molecule has 33 heavy (non-hydrogen) atoms. The number of nitro groups is 1. The number of carbonyl (C=O) groups is 2. The summed E-state index contributed by atoms with van der Waals surface area (Å²) in [6.07, 6.45) is 0. The van der Waals surface area contributed by atoms with E-state index in [2.05, 4.69) is 5.32 Å². The molecule has 1 aromatic carbocycles. The first-order valence-electron chi connectivity index (χ1n) is 10.5. The SMILES string of the molecule is CCOC(=O)C1=C(C)NC(CSC(C)(C)OC)=C(C(=O)OCC)C1c1cccc([N+](=O)[O-])c1. The number of nitro benzene ring substituents is 1. The second kappa shape index (κ2) is 11.3. The molecular weight excluding hydrogens is 448 g/mol. The van der Waals surface area contributed by atoms with Crippen LogP contribution in [0.3, 0.4) is 0 Å². The summed E-state index contributed by atoms with van der Waals surface area (Å²) in [6, 6.07) is 5.90. The first-order chi connectivity index (χ1) is 15.6. The van der Waals surface area contributed by atoms with E-state index in [0.717, 1.165) is 0 Å². The zero-order valence-corrected chi connectivity index (χ0v) is 20.5. The average Bonchev–Trinajstić information content (AvgIpc) is 2.77. The molecule has 0 fully saturated rings. The van der Waals surface area contributed by atoms with Crippen LogP contribution in [0.25, 0.3) is 0 Å². The number of nitrogens with zero attached hydrogens (tertiary/aromatic N) is 1. The molecule has 0 amide bonds. The summed E-state index contributed by atoms with van der Waals surface area (Å²) >= 11 is 1.45. The second-order valence-corrected chi connectivity index (χ2v) is 9.24. The minimum atomic E-state index is -0.898. The molecule has 0 saturated heterocycles. The number of methoxy groups -OCH3 is 1. The third kappa shape index (κ3) is 6.35. The zero-order chi connectivity index (χ0) is 24.8. The van der Waals surface area contributed by atoms with E-state index in [0.29, 0.717) is 22.7 Å². The minimum Gasteiger partial charge on any atom is -0.463 e. The lowest BCUT2D eigenvalue weighted by Gasteiger charge is -2.32. The van der Waals surface area contributed by atoms with E-state index in [1.165, 1.54) is 30.0 Å². The lowest BCUT2D eigenvalue weighted by atomic mass is 9.80. The van der Waals surface area contributed by atoms with Crippen LogP contribution in [0.1, 0.15) is 46.1 Å². The van der Waals surface area contributed by atoms with Crippen LogP contribution in [0.5, 0.6) is 0 Å². The van der Waals surface area contributed by atoms with Gasteiger partial charge in [0.2, 0.25) is 0 Å².